The van der Waals surface area contributed by atoms with Crippen LogP contribution in [0, 0.1) is 0 Å². The zero-order chi connectivity index (χ0) is 13.4. The van der Waals surface area contributed by atoms with Crippen LogP contribution in [-0.4, -0.2) is 54.6 Å². The summed E-state index contributed by atoms with van der Waals surface area (Å²) in [6.07, 6.45) is 6.32. The number of likely N-dealkylation sites (N-methyl/N-ethyl adjacent to an activating group) is 1. The zero-order valence-electron chi connectivity index (χ0n) is 12.7. The van der Waals surface area contributed by atoms with E-state index in [1.165, 1.54) is 58.3 Å². The first-order valence-corrected chi connectivity index (χ1v) is 7.89. The lowest BCUT2D eigenvalue weighted by atomic mass is 9.88. The molecule has 3 heteroatoms. The summed E-state index contributed by atoms with van der Waals surface area (Å²) < 4.78 is 0. The summed E-state index contributed by atoms with van der Waals surface area (Å²) in [5.41, 5.74) is 6.44. The maximum Gasteiger partial charge on any atom is 0.0344 e. The molecule has 1 atom stereocenters. The molecule has 2 N–H and O–H groups in total. The predicted molar refractivity (Wildman–Crippen MR) is 79.9 cm³/mol. The third-order valence-electron chi connectivity index (χ3n) is 4.48. The van der Waals surface area contributed by atoms with Gasteiger partial charge in [-0.05, 0) is 64.8 Å². The zero-order valence-corrected chi connectivity index (χ0v) is 12.7. The average molecular weight is 255 g/mol. The van der Waals surface area contributed by atoms with Crippen molar-refractivity contribution in [3.05, 3.63) is 0 Å². The Balaban J connectivity index is 2.68. The molecule has 0 amide bonds. The second-order valence-electron chi connectivity index (χ2n) is 5.70. The van der Waals surface area contributed by atoms with Crippen molar-refractivity contribution < 1.29 is 0 Å². The Morgan fingerprint density at radius 1 is 1.11 bits per heavy atom. The topological polar surface area (TPSA) is 32.5 Å². The quantitative estimate of drug-likeness (QED) is 0.758. The van der Waals surface area contributed by atoms with E-state index in [0.29, 0.717) is 0 Å². The first-order valence-electron chi connectivity index (χ1n) is 7.89. The lowest BCUT2D eigenvalue weighted by Crippen LogP contribution is -2.54. The van der Waals surface area contributed by atoms with Crippen molar-refractivity contribution in [2.24, 2.45) is 5.73 Å². The van der Waals surface area contributed by atoms with Gasteiger partial charge in [0.1, 0.15) is 0 Å². The fourth-order valence-electron chi connectivity index (χ4n) is 3.42. The number of rotatable bonds is 7. The fraction of sp³-hybridized carbons (Fsp3) is 1.00. The summed E-state index contributed by atoms with van der Waals surface area (Å²) in [6.45, 7) is 13.7. The highest BCUT2D eigenvalue weighted by Gasteiger charge is 2.35. The molecule has 3 nitrogen and oxygen atoms in total. The third-order valence-corrected chi connectivity index (χ3v) is 4.48. The molecule has 0 bridgehead atoms. The van der Waals surface area contributed by atoms with Crippen LogP contribution >= 0.6 is 0 Å². The van der Waals surface area contributed by atoms with Crippen LogP contribution < -0.4 is 5.73 Å². The maximum atomic E-state index is 6.17. The number of hydrogen-bond acceptors (Lipinski definition) is 3. The summed E-state index contributed by atoms with van der Waals surface area (Å²) in [4.78, 5) is 5.26. The van der Waals surface area contributed by atoms with E-state index in [2.05, 4.69) is 30.6 Å². The molecule has 0 saturated carbocycles. The van der Waals surface area contributed by atoms with Crippen molar-refractivity contribution in [2.45, 2.75) is 58.4 Å². The SMILES string of the molecule is CCCN1CCCC(CN)(N(CC)CCC)CC1. The van der Waals surface area contributed by atoms with Gasteiger partial charge in [0.25, 0.3) is 0 Å². The van der Waals surface area contributed by atoms with Gasteiger partial charge in [-0.1, -0.05) is 20.8 Å². The van der Waals surface area contributed by atoms with Gasteiger partial charge < -0.3 is 10.6 Å². The lowest BCUT2D eigenvalue weighted by molar-refractivity contribution is 0.0833. The minimum absolute atomic E-state index is 0.271. The van der Waals surface area contributed by atoms with Crippen LogP contribution in [0.25, 0.3) is 0 Å². The van der Waals surface area contributed by atoms with E-state index in [1.807, 2.05) is 0 Å². The largest absolute Gasteiger partial charge is 0.329 e. The third kappa shape index (κ3) is 3.94. The van der Waals surface area contributed by atoms with Gasteiger partial charge in [-0.25, -0.2) is 0 Å². The molecule has 18 heavy (non-hydrogen) atoms. The highest BCUT2D eigenvalue weighted by Crippen LogP contribution is 2.28. The Morgan fingerprint density at radius 2 is 1.89 bits per heavy atom. The molecule has 1 saturated heterocycles. The molecule has 1 heterocycles. The molecule has 0 aromatic heterocycles. The second kappa shape index (κ2) is 8.13. The number of nitrogens with two attached hydrogens (primary N) is 1. The standard InChI is InChI=1S/C15H33N3/c1-4-10-17-12-7-8-15(14-16,9-13-17)18(6-3)11-5-2/h4-14,16H2,1-3H3. The van der Waals surface area contributed by atoms with Crippen molar-refractivity contribution >= 4 is 0 Å². The second-order valence-corrected chi connectivity index (χ2v) is 5.70. The molecule has 1 unspecified atom stereocenters. The first-order chi connectivity index (χ1) is 8.72. The molecule has 0 spiro atoms. The van der Waals surface area contributed by atoms with E-state index >= 15 is 0 Å². The molecule has 0 aromatic carbocycles. The molecule has 0 aliphatic carbocycles. The monoisotopic (exact) mass is 255 g/mol. The van der Waals surface area contributed by atoms with E-state index in [9.17, 15) is 0 Å². The lowest BCUT2D eigenvalue weighted by Gasteiger charge is -2.42. The van der Waals surface area contributed by atoms with Crippen molar-refractivity contribution in [1.29, 1.82) is 0 Å². The van der Waals surface area contributed by atoms with Gasteiger partial charge in [-0.2, -0.15) is 0 Å². The van der Waals surface area contributed by atoms with E-state index in [-0.39, 0.29) is 5.54 Å². The Kier molecular flexibility index (Phi) is 7.20. The molecular weight excluding hydrogens is 222 g/mol. The normalized spacial score (nSPS) is 26.5. The minimum atomic E-state index is 0.271. The molecule has 1 aliphatic heterocycles. The Bertz CT molecular complexity index is 220. The van der Waals surface area contributed by atoms with Crippen molar-refractivity contribution in [3.63, 3.8) is 0 Å². The Labute approximate surface area is 114 Å². The number of hydrogen-bond donors (Lipinski definition) is 1. The van der Waals surface area contributed by atoms with Crippen LogP contribution in [-0.2, 0) is 0 Å². The summed E-state index contributed by atoms with van der Waals surface area (Å²) in [6, 6.07) is 0. The Morgan fingerprint density at radius 3 is 2.44 bits per heavy atom. The van der Waals surface area contributed by atoms with Gasteiger partial charge >= 0.3 is 0 Å². The van der Waals surface area contributed by atoms with Gasteiger partial charge in [0.2, 0.25) is 0 Å². The molecule has 1 aliphatic rings. The van der Waals surface area contributed by atoms with Crippen LogP contribution in [0.15, 0.2) is 0 Å². The van der Waals surface area contributed by atoms with E-state index in [4.69, 9.17) is 5.73 Å². The summed E-state index contributed by atoms with van der Waals surface area (Å²) in [5.74, 6) is 0. The van der Waals surface area contributed by atoms with E-state index in [1.54, 1.807) is 0 Å². The van der Waals surface area contributed by atoms with Gasteiger partial charge in [0.05, 0.1) is 0 Å². The van der Waals surface area contributed by atoms with Crippen LogP contribution in [0.4, 0.5) is 0 Å². The molecular formula is C15H33N3. The summed E-state index contributed by atoms with van der Waals surface area (Å²) >= 11 is 0. The van der Waals surface area contributed by atoms with E-state index < -0.39 is 0 Å². The van der Waals surface area contributed by atoms with Crippen LogP contribution in [0.5, 0.6) is 0 Å². The summed E-state index contributed by atoms with van der Waals surface area (Å²) in [7, 11) is 0. The smallest absolute Gasteiger partial charge is 0.0344 e. The number of nitrogens with zero attached hydrogens (tertiary/aromatic N) is 2. The van der Waals surface area contributed by atoms with Gasteiger partial charge in [-0.15, -0.1) is 0 Å². The summed E-state index contributed by atoms with van der Waals surface area (Å²) in [5, 5.41) is 0. The molecule has 108 valence electrons. The Hall–Kier alpha value is -0.120. The molecule has 0 aromatic rings. The fourth-order valence-corrected chi connectivity index (χ4v) is 3.42. The number of likely N-dealkylation sites (tertiary alicyclic amines) is 1. The van der Waals surface area contributed by atoms with Gasteiger partial charge in [0.15, 0.2) is 0 Å². The van der Waals surface area contributed by atoms with Crippen LogP contribution in [0.3, 0.4) is 0 Å². The highest BCUT2D eigenvalue weighted by molar-refractivity contribution is 4.94. The highest BCUT2D eigenvalue weighted by atomic mass is 15.2. The maximum absolute atomic E-state index is 6.17. The van der Waals surface area contributed by atoms with Crippen molar-refractivity contribution in [3.8, 4) is 0 Å². The first kappa shape index (κ1) is 15.9. The van der Waals surface area contributed by atoms with Crippen molar-refractivity contribution in [2.75, 3.05) is 39.3 Å². The molecule has 1 fully saturated rings. The van der Waals surface area contributed by atoms with Gasteiger partial charge in [-0.3, -0.25) is 4.90 Å². The minimum Gasteiger partial charge on any atom is -0.329 e. The molecule has 1 rings (SSSR count). The predicted octanol–water partition coefficient (Wildman–Crippen LogP) is 2.31. The van der Waals surface area contributed by atoms with Crippen LogP contribution in [0.2, 0.25) is 0 Å². The van der Waals surface area contributed by atoms with Gasteiger partial charge in [0, 0.05) is 12.1 Å². The van der Waals surface area contributed by atoms with E-state index in [0.717, 1.165) is 13.1 Å². The molecule has 0 radical (unpaired) electrons. The van der Waals surface area contributed by atoms with Crippen molar-refractivity contribution in [1.82, 2.24) is 9.80 Å². The average Bonchev–Trinajstić information content (AvgIpc) is 2.60. The van der Waals surface area contributed by atoms with Crippen LogP contribution in [0.1, 0.15) is 52.9 Å².